The predicted molar refractivity (Wildman–Crippen MR) is 109 cm³/mol. The van der Waals surface area contributed by atoms with E-state index in [9.17, 15) is 8.42 Å². The van der Waals surface area contributed by atoms with Gasteiger partial charge >= 0.3 is 0 Å². The number of piperidine rings is 1. The smallest absolute Gasteiger partial charge is 0.243 e. The largest absolute Gasteiger partial charge is 0.317 e. The van der Waals surface area contributed by atoms with Crippen molar-refractivity contribution in [1.82, 2.24) is 9.62 Å². The highest BCUT2D eigenvalue weighted by Crippen LogP contribution is 2.31. The lowest BCUT2D eigenvalue weighted by molar-refractivity contribution is 0.262. The average molecular weight is 395 g/mol. The lowest BCUT2D eigenvalue weighted by Crippen LogP contribution is -2.46. The van der Waals surface area contributed by atoms with E-state index in [-0.39, 0.29) is 18.4 Å². The first-order valence-corrected chi connectivity index (χ1v) is 10.5. The Morgan fingerprint density at radius 1 is 1.00 bits per heavy atom. The summed E-state index contributed by atoms with van der Waals surface area (Å²) in [5.74, 6) is 0. The van der Waals surface area contributed by atoms with Crippen molar-refractivity contribution in [1.29, 1.82) is 0 Å². The van der Waals surface area contributed by atoms with Gasteiger partial charge in [0.15, 0.2) is 0 Å². The van der Waals surface area contributed by atoms with E-state index in [0.717, 1.165) is 43.5 Å². The van der Waals surface area contributed by atoms with E-state index in [1.165, 1.54) is 0 Å². The molecule has 142 valence electrons. The molecule has 0 amide bonds. The van der Waals surface area contributed by atoms with Gasteiger partial charge in [-0.15, -0.1) is 12.4 Å². The number of sulfonamides is 1. The van der Waals surface area contributed by atoms with Crippen molar-refractivity contribution < 1.29 is 8.42 Å². The molecule has 0 bridgehead atoms. The topological polar surface area (TPSA) is 49.4 Å². The van der Waals surface area contributed by atoms with Crippen molar-refractivity contribution in [3.8, 4) is 11.1 Å². The van der Waals surface area contributed by atoms with Crippen LogP contribution in [0.1, 0.15) is 26.2 Å². The van der Waals surface area contributed by atoms with Crippen molar-refractivity contribution in [3.63, 3.8) is 0 Å². The minimum atomic E-state index is -3.54. The lowest BCUT2D eigenvalue weighted by atomic mass is 10.1. The fraction of sp³-hybridized carbons (Fsp3) is 0.400. The number of halogens is 1. The normalized spacial score (nSPS) is 15.6. The molecule has 0 unspecified atom stereocenters. The molecule has 26 heavy (non-hydrogen) atoms. The molecule has 3 rings (SSSR count). The molecular formula is C20H27ClN2O2S. The summed E-state index contributed by atoms with van der Waals surface area (Å²) in [5, 5.41) is 3.32. The zero-order valence-corrected chi connectivity index (χ0v) is 16.7. The zero-order chi connectivity index (χ0) is 17.7. The second-order valence-electron chi connectivity index (χ2n) is 6.46. The first kappa shape index (κ1) is 20.9. The van der Waals surface area contributed by atoms with E-state index < -0.39 is 10.0 Å². The van der Waals surface area contributed by atoms with Gasteiger partial charge < -0.3 is 5.32 Å². The molecule has 6 heteroatoms. The molecule has 1 aliphatic rings. The molecule has 0 saturated carbocycles. The molecule has 1 fully saturated rings. The van der Waals surface area contributed by atoms with E-state index in [1.54, 1.807) is 10.4 Å². The van der Waals surface area contributed by atoms with Gasteiger partial charge in [-0.25, -0.2) is 8.42 Å². The molecule has 0 radical (unpaired) electrons. The van der Waals surface area contributed by atoms with Crippen LogP contribution in [-0.2, 0) is 10.0 Å². The van der Waals surface area contributed by atoms with Gasteiger partial charge in [-0.3, -0.25) is 0 Å². The highest BCUT2D eigenvalue weighted by molar-refractivity contribution is 7.89. The summed E-state index contributed by atoms with van der Waals surface area (Å²) in [6.07, 6.45) is 2.55. The molecule has 0 spiro atoms. The second kappa shape index (κ2) is 9.51. The standard InChI is InChI=1S/C20H26N2O2S.ClH/c1-2-16-22(18-12-14-21-15-13-18)25(23,24)20-11-7-6-10-19(20)17-8-4-3-5-9-17;/h3-11,18,21H,2,12-16H2,1H3;1H. The van der Waals surface area contributed by atoms with Gasteiger partial charge in [0.05, 0.1) is 4.90 Å². The van der Waals surface area contributed by atoms with Gasteiger partial charge in [-0.05, 0) is 44.0 Å². The second-order valence-corrected chi connectivity index (χ2v) is 8.32. The Morgan fingerprint density at radius 3 is 2.27 bits per heavy atom. The predicted octanol–water partition coefficient (Wildman–Crippen LogP) is 3.93. The van der Waals surface area contributed by atoms with E-state index in [0.29, 0.717) is 11.4 Å². The van der Waals surface area contributed by atoms with Crippen LogP contribution in [0.25, 0.3) is 11.1 Å². The van der Waals surface area contributed by atoms with Crippen molar-refractivity contribution in [2.45, 2.75) is 37.1 Å². The van der Waals surface area contributed by atoms with Crippen LogP contribution in [0.2, 0.25) is 0 Å². The Hall–Kier alpha value is -1.40. The Morgan fingerprint density at radius 2 is 1.62 bits per heavy atom. The zero-order valence-electron chi connectivity index (χ0n) is 15.1. The van der Waals surface area contributed by atoms with E-state index >= 15 is 0 Å². The molecule has 2 aromatic rings. The van der Waals surface area contributed by atoms with Crippen molar-refractivity contribution in [2.24, 2.45) is 0 Å². The first-order valence-electron chi connectivity index (χ1n) is 9.01. The summed E-state index contributed by atoms with van der Waals surface area (Å²) in [7, 11) is -3.54. The highest BCUT2D eigenvalue weighted by atomic mass is 35.5. The summed E-state index contributed by atoms with van der Waals surface area (Å²) in [6, 6.07) is 17.2. The van der Waals surface area contributed by atoms with Crippen LogP contribution in [0.3, 0.4) is 0 Å². The fourth-order valence-corrected chi connectivity index (χ4v) is 5.48. The van der Waals surface area contributed by atoms with Crippen LogP contribution in [0.5, 0.6) is 0 Å². The maximum Gasteiger partial charge on any atom is 0.243 e. The van der Waals surface area contributed by atoms with Crippen LogP contribution < -0.4 is 5.32 Å². The maximum absolute atomic E-state index is 13.5. The summed E-state index contributed by atoms with van der Waals surface area (Å²) in [5.41, 5.74) is 1.71. The minimum Gasteiger partial charge on any atom is -0.317 e. The van der Waals surface area contributed by atoms with Gasteiger partial charge in [-0.1, -0.05) is 55.5 Å². The molecule has 1 N–H and O–H groups in total. The van der Waals surface area contributed by atoms with E-state index in [2.05, 4.69) is 5.32 Å². The summed E-state index contributed by atoms with van der Waals surface area (Å²) < 4.78 is 28.8. The molecule has 1 saturated heterocycles. The molecule has 1 heterocycles. The average Bonchev–Trinajstić information content (AvgIpc) is 2.67. The number of hydrogen-bond acceptors (Lipinski definition) is 3. The number of hydrogen-bond donors (Lipinski definition) is 1. The van der Waals surface area contributed by atoms with Crippen LogP contribution >= 0.6 is 12.4 Å². The monoisotopic (exact) mass is 394 g/mol. The molecule has 2 aromatic carbocycles. The Labute approximate surface area is 163 Å². The lowest BCUT2D eigenvalue weighted by Gasteiger charge is -2.34. The number of nitrogens with zero attached hydrogens (tertiary/aromatic N) is 1. The maximum atomic E-state index is 13.5. The van der Waals surface area contributed by atoms with Crippen molar-refractivity contribution in [3.05, 3.63) is 54.6 Å². The van der Waals surface area contributed by atoms with Gasteiger partial charge in [0.1, 0.15) is 0 Å². The quantitative estimate of drug-likeness (QED) is 0.807. The molecule has 1 aliphatic heterocycles. The van der Waals surface area contributed by atoms with Crippen LogP contribution in [0.4, 0.5) is 0 Å². The van der Waals surface area contributed by atoms with Gasteiger partial charge in [0.25, 0.3) is 0 Å². The fourth-order valence-electron chi connectivity index (χ4n) is 3.49. The Bertz CT molecular complexity index is 790. The summed E-state index contributed by atoms with van der Waals surface area (Å²) in [4.78, 5) is 0.410. The highest BCUT2D eigenvalue weighted by Gasteiger charge is 2.33. The number of benzene rings is 2. The third-order valence-electron chi connectivity index (χ3n) is 4.72. The van der Waals surface area contributed by atoms with Gasteiger partial charge in [0, 0.05) is 18.2 Å². The Kier molecular flexibility index (Phi) is 7.65. The van der Waals surface area contributed by atoms with Gasteiger partial charge in [-0.2, -0.15) is 4.31 Å². The first-order chi connectivity index (χ1) is 12.1. The molecule has 0 aliphatic carbocycles. The molecular weight excluding hydrogens is 368 g/mol. The molecule has 0 aromatic heterocycles. The van der Waals surface area contributed by atoms with Crippen molar-refractivity contribution in [2.75, 3.05) is 19.6 Å². The molecule has 4 nitrogen and oxygen atoms in total. The number of rotatable bonds is 6. The minimum absolute atomic E-state index is 0. The summed E-state index contributed by atoms with van der Waals surface area (Å²) >= 11 is 0. The third kappa shape index (κ3) is 4.46. The van der Waals surface area contributed by atoms with E-state index in [1.807, 2.05) is 55.5 Å². The Balaban J connectivity index is 0.00000243. The molecule has 0 atom stereocenters. The SMILES string of the molecule is CCCN(C1CCNCC1)S(=O)(=O)c1ccccc1-c1ccccc1.Cl. The third-order valence-corrected chi connectivity index (χ3v) is 6.73. The number of nitrogens with one attached hydrogen (secondary N) is 1. The van der Waals surface area contributed by atoms with Crippen molar-refractivity contribution >= 4 is 22.4 Å². The van der Waals surface area contributed by atoms with Gasteiger partial charge in [0.2, 0.25) is 10.0 Å². The summed E-state index contributed by atoms with van der Waals surface area (Å²) in [6.45, 7) is 4.35. The van der Waals surface area contributed by atoms with Crippen LogP contribution in [0.15, 0.2) is 59.5 Å². The van der Waals surface area contributed by atoms with Crippen LogP contribution in [0, 0.1) is 0 Å². The van der Waals surface area contributed by atoms with Crippen LogP contribution in [-0.4, -0.2) is 38.4 Å². The van der Waals surface area contributed by atoms with E-state index in [4.69, 9.17) is 0 Å².